The minimum atomic E-state index is -2.33. The van der Waals surface area contributed by atoms with Gasteiger partial charge in [0.05, 0.1) is 5.69 Å². The normalized spacial score (nSPS) is 10.8. The molecule has 3 rings (SSSR count). The molecule has 0 spiro atoms. The van der Waals surface area contributed by atoms with E-state index in [9.17, 15) is 31.1 Å². The lowest BCUT2D eigenvalue weighted by atomic mass is 10.2. The molecule has 0 radical (unpaired) electrons. The van der Waals surface area contributed by atoms with E-state index in [1.807, 2.05) is 0 Å². The number of carbonyl (C=O) groups is 1. The largest absolute Gasteiger partial charge is 0.309 e. The van der Waals surface area contributed by atoms with Gasteiger partial charge < -0.3 is 0 Å². The van der Waals surface area contributed by atoms with Gasteiger partial charge in [-0.15, -0.1) is 5.10 Å². The van der Waals surface area contributed by atoms with Gasteiger partial charge in [0.15, 0.2) is 23.3 Å². The van der Waals surface area contributed by atoms with Crippen molar-refractivity contribution in [3.8, 4) is 5.69 Å². The average Bonchev–Trinajstić information content (AvgIpc) is 3.07. The van der Waals surface area contributed by atoms with Crippen molar-refractivity contribution < 1.29 is 31.1 Å². The summed E-state index contributed by atoms with van der Waals surface area (Å²) in [5, 5.41) is 3.85. The fourth-order valence-corrected chi connectivity index (χ4v) is 2.20. The molecule has 0 aliphatic rings. The highest BCUT2D eigenvalue weighted by Gasteiger charge is 2.26. The maximum absolute atomic E-state index is 13.6. The van der Waals surface area contributed by atoms with E-state index in [-0.39, 0.29) is 5.82 Å². The molecule has 1 amide bonds. The van der Waals surface area contributed by atoms with Gasteiger partial charge in [0, 0.05) is 0 Å². The monoisotopic (exact) mass is 401 g/mol. The molecule has 3 aromatic rings. The maximum Gasteiger partial charge on any atom is 0.309 e. The van der Waals surface area contributed by atoms with E-state index in [1.54, 1.807) is 10.9 Å². The first kappa shape index (κ1) is 19.2. The van der Waals surface area contributed by atoms with E-state index in [2.05, 4.69) is 10.1 Å². The molecular weight excluding hydrogens is 392 g/mol. The van der Waals surface area contributed by atoms with Gasteiger partial charge >= 0.3 is 5.91 Å². The van der Waals surface area contributed by atoms with Crippen molar-refractivity contribution in [1.82, 2.24) is 20.2 Å². The highest BCUT2D eigenvalue weighted by molar-refractivity contribution is 5.91. The van der Waals surface area contributed by atoms with Gasteiger partial charge in [-0.25, -0.2) is 36.0 Å². The molecule has 146 valence electrons. The third kappa shape index (κ3) is 3.35. The number of anilines is 1. The van der Waals surface area contributed by atoms with Crippen molar-refractivity contribution in [1.29, 1.82) is 0 Å². The quantitative estimate of drug-likeness (QED) is 0.305. The number of nitrogens with zero attached hydrogens (tertiary/aromatic N) is 3. The van der Waals surface area contributed by atoms with Crippen molar-refractivity contribution in [2.75, 3.05) is 5.43 Å². The molecule has 0 unspecified atom stereocenters. The second kappa shape index (κ2) is 7.21. The predicted molar refractivity (Wildman–Crippen MR) is 83.4 cm³/mol. The molecule has 28 heavy (non-hydrogen) atoms. The van der Waals surface area contributed by atoms with E-state index in [0.29, 0.717) is 5.69 Å². The summed E-state index contributed by atoms with van der Waals surface area (Å²) in [5.41, 5.74) is 2.31. The third-order valence-corrected chi connectivity index (χ3v) is 3.55. The summed E-state index contributed by atoms with van der Waals surface area (Å²) in [6.45, 7) is 1.48. The Morgan fingerprint density at radius 2 is 1.43 bits per heavy atom. The minimum Gasteiger partial charge on any atom is -0.292 e. The molecule has 2 N–H and O–H groups in total. The van der Waals surface area contributed by atoms with Gasteiger partial charge in [-0.1, -0.05) is 0 Å². The highest BCUT2D eigenvalue weighted by Crippen LogP contribution is 2.26. The molecule has 2 aromatic carbocycles. The Bertz CT molecular complexity index is 1040. The number of amides is 1. The van der Waals surface area contributed by atoms with Crippen molar-refractivity contribution in [2.24, 2.45) is 0 Å². The Hall–Kier alpha value is -3.57. The number of hydrogen-bond acceptors (Lipinski definition) is 4. The molecule has 0 atom stereocenters. The Morgan fingerprint density at radius 1 is 0.893 bits per heavy atom. The molecule has 0 saturated carbocycles. The number of nitrogens with one attached hydrogen (secondary N) is 2. The molecule has 12 heteroatoms. The first-order valence-corrected chi connectivity index (χ1v) is 7.48. The van der Waals surface area contributed by atoms with Crippen LogP contribution in [0.5, 0.6) is 0 Å². The molecule has 1 aromatic heterocycles. The van der Waals surface area contributed by atoms with Crippen LogP contribution in [0.25, 0.3) is 5.69 Å². The summed E-state index contributed by atoms with van der Waals surface area (Å²) in [6, 6.07) is 5.04. The topological polar surface area (TPSA) is 71.8 Å². The number of benzene rings is 2. The fourth-order valence-electron chi connectivity index (χ4n) is 2.20. The van der Waals surface area contributed by atoms with Crippen molar-refractivity contribution in [3.63, 3.8) is 0 Å². The second-order valence-corrected chi connectivity index (χ2v) is 5.39. The lowest BCUT2D eigenvalue weighted by Gasteiger charge is -2.10. The third-order valence-electron chi connectivity index (χ3n) is 3.55. The van der Waals surface area contributed by atoms with Crippen LogP contribution in [0.15, 0.2) is 24.3 Å². The van der Waals surface area contributed by atoms with Gasteiger partial charge in [0.25, 0.3) is 0 Å². The van der Waals surface area contributed by atoms with E-state index >= 15 is 0 Å². The Labute approximate surface area is 152 Å². The Kier molecular flexibility index (Phi) is 4.94. The molecule has 1 heterocycles. The second-order valence-electron chi connectivity index (χ2n) is 5.39. The van der Waals surface area contributed by atoms with Crippen molar-refractivity contribution in [2.45, 2.75) is 6.92 Å². The zero-order chi connectivity index (χ0) is 20.6. The number of hydrazine groups is 1. The van der Waals surface area contributed by atoms with Gasteiger partial charge in [-0.05, 0) is 31.2 Å². The fraction of sp³-hybridized carbons (Fsp3) is 0.0625. The average molecular weight is 401 g/mol. The van der Waals surface area contributed by atoms with E-state index in [1.165, 1.54) is 23.7 Å². The van der Waals surface area contributed by atoms with E-state index < -0.39 is 52.3 Å². The van der Waals surface area contributed by atoms with Crippen molar-refractivity contribution >= 4 is 11.6 Å². The van der Waals surface area contributed by atoms with Gasteiger partial charge in [-0.2, -0.15) is 0 Å². The first-order valence-electron chi connectivity index (χ1n) is 7.48. The van der Waals surface area contributed by atoms with Crippen LogP contribution >= 0.6 is 0 Å². The standard InChI is InChI=1S/C16H9F6N5O/c1-6-23-15(26-27(6)8-4-2-7(17)3-5-8)16(28)25-24-14-12(21)10(19)9(18)11(20)13(14)22/h2-5,24H,1H3,(H,25,28). The summed E-state index contributed by atoms with van der Waals surface area (Å²) in [4.78, 5) is 15.9. The van der Waals surface area contributed by atoms with E-state index in [4.69, 9.17) is 0 Å². The van der Waals surface area contributed by atoms with Crippen LogP contribution in [0.2, 0.25) is 0 Å². The molecule has 0 fully saturated rings. The molecular formula is C16H9F6N5O. The van der Waals surface area contributed by atoms with E-state index in [0.717, 1.165) is 12.1 Å². The molecule has 0 saturated heterocycles. The smallest absolute Gasteiger partial charge is 0.292 e. The number of rotatable bonds is 4. The first-order chi connectivity index (χ1) is 13.2. The molecule has 0 aliphatic carbocycles. The van der Waals surface area contributed by atoms with Crippen LogP contribution in [-0.2, 0) is 0 Å². The van der Waals surface area contributed by atoms with Gasteiger partial charge in [-0.3, -0.25) is 15.6 Å². The Balaban J connectivity index is 1.82. The summed E-state index contributed by atoms with van der Waals surface area (Å²) >= 11 is 0. The molecule has 0 aliphatic heterocycles. The lowest BCUT2D eigenvalue weighted by molar-refractivity contribution is 0.0952. The molecule has 6 nitrogen and oxygen atoms in total. The zero-order valence-electron chi connectivity index (χ0n) is 13.8. The highest BCUT2D eigenvalue weighted by atomic mass is 19.2. The number of aromatic nitrogens is 3. The van der Waals surface area contributed by atoms with Crippen LogP contribution < -0.4 is 10.9 Å². The van der Waals surface area contributed by atoms with Gasteiger partial charge in [0.2, 0.25) is 11.6 Å². The SMILES string of the molecule is Cc1nc(C(=O)NNc2c(F)c(F)c(F)c(F)c2F)nn1-c1ccc(F)cc1. The van der Waals surface area contributed by atoms with Crippen LogP contribution in [0, 0.1) is 41.8 Å². The molecule has 0 bridgehead atoms. The van der Waals surface area contributed by atoms with Crippen LogP contribution in [0.3, 0.4) is 0 Å². The Morgan fingerprint density at radius 3 is 2.00 bits per heavy atom. The zero-order valence-corrected chi connectivity index (χ0v) is 13.8. The predicted octanol–water partition coefficient (Wildman–Crippen LogP) is 3.17. The summed E-state index contributed by atoms with van der Waals surface area (Å²) in [5.74, 6) is -12.9. The van der Waals surface area contributed by atoms with Gasteiger partial charge in [0.1, 0.15) is 17.3 Å². The maximum atomic E-state index is 13.6. The van der Waals surface area contributed by atoms with Crippen LogP contribution in [0.1, 0.15) is 16.4 Å². The van der Waals surface area contributed by atoms with Crippen molar-refractivity contribution in [3.05, 3.63) is 70.8 Å². The summed E-state index contributed by atoms with van der Waals surface area (Å²) in [7, 11) is 0. The number of hydrogen-bond donors (Lipinski definition) is 2. The number of carbonyl (C=O) groups excluding carboxylic acids is 1. The van der Waals surface area contributed by atoms with Crippen LogP contribution in [-0.4, -0.2) is 20.7 Å². The minimum absolute atomic E-state index is 0.216. The van der Waals surface area contributed by atoms with Crippen LogP contribution in [0.4, 0.5) is 32.0 Å². The number of halogens is 6. The number of aryl methyl sites for hydroxylation is 1. The lowest BCUT2D eigenvalue weighted by Crippen LogP contribution is -2.32. The summed E-state index contributed by atoms with van der Waals surface area (Å²) < 4.78 is 80.6. The summed E-state index contributed by atoms with van der Waals surface area (Å²) in [6.07, 6.45) is 0.